The summed E-state index contributed by atoms with van der Waals surface area (Å²) in [6.07, 6.45) is 4.72. The van der Waals surface area contributed by atoms with Crippen LogP contribution in [0.3, 0.4) is 0 Å². The Balaban J connectivity index is 1.47. The van der Waals surface area contributed by atoms with Crippen molar-refractivity contribution in [2.75, 3.05) is 19.6 Å². The van der Waals surface area contributed by atoms with Gasteiger partial charge >= 0.3 is 0 Å². The van der Waals surface area contributed by atoms with Crippen LogP contribution >= 0.6 is 0 Å². The molecule has 0 saturated heterocycles. The van der Waals surface area contributed by atoms with Crippen LogP contribution in [0, 0.1) is 19.3 Å². The van der Waals surface area contributed by atoms with Gasteiger partial charge in [-0.15, -0.1) is 0 Å². The number of nitrogens with one attached hydrogen (secondary N) is 2. The van der Waals surface area contributed by atoms with Gasteiger partial charge in [-0.05, 0) is 63.5 Å². The fourth-order valence-corrected chi connectivity index (χ4v) is 3.52. The van der Waals surface area contributed by atoms with Crippen LogP contribution in [0.4, 0.5) is 0 Å². The summed E-state index contributed by atoms with van der Waals surface area (Å²) in [6, 6.07) is 12.9. The summed E-state index contributed by atoms with van der Waals surface area (Å²) < 4.78 is 2.08. The summed E-state index contributed by atoms with van der Waals surface area (Å²) in [6.45, 7) is 9.88. The van der Waals surface area contributed by atoms with Crippen LogP contribution < -0.4 is 10.6 Å². The molecule has 5 heteroatoms. The van der Waals surface area contributed by atoms with E-state index in [1.54, 1.807) is 0 Å². The molecular weight excluding hydrogens is 334 g/mol. The number of aliphatic imine (C=N–C) groups is 1. The second-order valence-electron chi connectivity index (χ2n) is 7.79. The number of benzene rings is 1. The summed E-state index contributed by atoms with van der Waals surface area (Å²) >= 11 is 0. The maximum absolute atomic E-state index is 4.88. The molecule has 3 rings (SSSR count). The lowest BCUT2D eigenvalue weighted by Gasteiger charge is -2.16. The predicted octanol–water partition coefficient (Wildman–Crippen LogP) is 3.47. The van der Waals surface area contributed by atoms with E-state index in [1.165, 1.54) is 24.1 Å². The zero-order valence-corrected chi connectivity index (χ0v) is 17.0. The number of hydrogen-bond donors (Lipinski definition) is 2. The van der Waals surface area contributed by atoms with Gasteiger partial charge in [0.15, 0.2) is 5.96 Å². The zero-order chi connectivity index (χ0) is 19.1. The van der Waals surface area contributed by atoms with Gasteiger partial charge in [-0.1, -0.05) is 30.3 Å². The van der Waals surface area contributed by atoms with Gasteiger partial charge in [-0.2, -0.15) is 5.10 Å². The highest BCUT2D eigenvalue weighted by Gasteiger charge is 2.42. The van der Waals surface area contributed by atoms with Crippen molar-refractivity contribution in [3.8, 4) is 0 Å². The minimum Gasteiger partial charge on any atom is -0.357 e. The molecule has 5 nitrogen and oxygen atoms in total. The Hall–Kier alpha value is -2.30. The number of hydrogen-bond acceptors (Lipinski definition) is 2. The van der Waals surface area contributed by atoms with Crippen LogP contribution in [-0.2, 0) is 13.0 Å². The molecule has 146 valence electrons. The van der Waals surface area contributed by atoms with E-state index in [-0.39, 0.29) is 0 Å². The number of aromatic nitrogens is 2. The Labute approximate surface area is 163 Å². The quantitative estimate of drug-likeness (QED) is 0.405. The van der Waals surface area contributed by atoms with Crippen molar-refractivity contribution >= 4 is 5.96 Å². The van der Waals surface area contributed by atoms with Gasteiger partial charge in [0.05, 0.1) is 5.69 Å². The van der Waals surface area contributed by atoms with Crippen LogP contribution in [0.25, 0.3) is 0 Å². The van der Waals surface area contributed by atoms with E-state index in [9.17, 15) is 0 Å². The summed E-state index contributed by atoms with van der Waals surface area (Å²) in [5.41, 5.74) is 4.11. The molecule has 27 heavy (non-hydrogen) atoms. The average Bonchev–Trinajstić information content (AvgIpc) is 3.34. The Morgan fingerprint density at radius 1 is 1.19 bits per heavy atom. The highest BCUT2D eigenvalue weighted by atomic mass is 15.3. The molecule has 0 amide bonds. The number of guanidine groups is 1. The van der Waals surface area contributed by atoms with Gasteiger partial charge in [-0.3, -0.25) is 9.67 Å². The van der Waals surface area contributed by atoms with Crippen molar-refractivity contribution in [3.63, 3.8) is 0 Å². The monoisotopic (exact) mass is 367 g/mol. The largest absolute Gasteiger partial charge is 0.357 e. The van der Waals surface area contributed by atoms with Crippen molar-refractivity contribution in [1.29, 1.82) is 0 Å². The molecule has 0 radical (unpaired) electrons. The average molecular weight is 368 g/mol. The molecule has 1 aromatic carbocycles. The van der Waals surface area contributed by atoms with E-state index < -0.39 is 0 Å². The molecule has 0 bridgehead atoms. The molecular formula is C22H33N5. The number of nitrogens with zero attached hydrogens (tertiary/aromatic N) is 3. The van der Waals surface area contributed by atoms with Gasteiger partial charge in [0.2, 0.25) is 0 Å². The molecule has 1 fully saturated rings. The molecule has 0 spiro atoms. The Kier molecular flexibility index (Phi) is 6.54. The van der Waals surface area contributed by atoms with Gasteiger partial charge in [0, 0.05) is 31.9 Å². The second kappa shape index (κ2) is 9.07. The van der Waals surface area contributed by atoms with Crippen molar-refractivity contribution < 1.29 is 0 Å². The lowest BCUT2D eigenvalue weighted by atomic mass is 9.97. The molecule has 1 aromatic heterocycles. The molecule has 2 N–H and O–H groups in total. The third-order valence-corrected chi connectivity index (χ3v) is 5.24. The fraction of sp³-hybridized carbons (Fsp3) is 0.545. The van der Waals surface area contributed by atoms with Gasteiger partial charge in [-0.25, -0.2) is 0 Å². The summed E-state index contributed by atoms with van der Waals surface area (Å²) in [5, 5.41) is 11.4. The lowest BCUT2D eigenvalue weighted by molar-refractivity contribution is 0.518. The lowest BCUT2D eigenvalue weighted by Crippen LogP contribution is -2.38. The first-order valence-corrected chi connectivity index (χ1v) is 10.2. The smallest absolute Gasteiger partial charge is 0.191 e. The molecule has 1 heterocycles. The molecule has 1 aliphatic carbocycles. The van der Waals surface area contributed by atoms with E-state index in [0.29, 0.717) is 5.41 Å². The minimum atomic E-state index is 0.368. The zero-order valence-electron chi connectivity index (χ0n) is 17.0. The first-order chi connectivity index (χ1) is 13.1. The predicted molar refractivity (Wildman–Crippen MR) is 112 cm³/mol. The molecule has 0 atom stereocenters. The topological polar surface area (TPSA) is 54.2 Å². The van der Waals surface area contributed by atoms with Crippen molar-refractivity contribution in [2.45, 2.75) is 53.0 Å². The van der Waals surface area contributed by atoms with Gasteiger partial charge in [0.1, 0.15) is 0 Å². The molecule has 2 aromatic rings. The third-order valence-electron chi connectivity index (χ3n) is 5.24. The molecule has 0 aliphatic heterocycles. The van der Waals surface area contributed by atoms with Crippen LogP contribution in [-0.4, -0.2) is 35.4 Å². The van der Waals surface area contributed by atoms with E-state index in [0.717, 1.165) is 50.7 Å². The Bertz CT molecular complexity index is 743. The SMILES string of the molecule is CCNC(=NCC1(Cc2ccccc2)CC1)NCCCn1nc(C)cc1C. The van der Waals surface area contributed by atoms with Gasteiger partial charge < -0.3 is 10.6 Å². The molecule has 1 aliphatic rings. The van der Waals surface area contributed by atoms with Crippen LogP contribution in [0.5, 0.6) is 0 Å². The summed E-state index contributed by atoms with van der Waals surface area (Å²) in [4.78, 5) is 4.88. The van der Waals surface area contributed by atoms with E-state index in [4.69, 9.17) is 4.99 Å². The maximum atomic E-state index is 4.88. The van der Waals surface area contributed by atoms with E-state index in [2.05, 4.69) is 70.7 Å². The van der Waals surface area contributed by atoms with Crippen LogP contribution in [0.1, 0.15) is 43.1 Å². The highest BCUT2D eigenvalue weighted by Crippen LogP contribution is 2.48. The number of rotatable bonds is 9. The fourth-order valence-electron chi connectivity index (χ4n) is 3.52. The van der Waals surface area contributed by atoms with Crippen molar-refractivity contribution in [1.82, 2.24) is 20.4 Å². The Morgan fingerprint density at radius 3 is 2.59 bits per heavy atom. The first-order valence-electron chi connectivity index (χ1n) is 10.2. The summed E-state index contributed by atoms with van der Waals surface area (Å²) in [5.74, 6) is 0.935. The standard InChI is InChI=1S/C22H33N5/c1-4-23-21(24-13-8-14-27-19(3)15-18(2)26-27)25-17-22(11-12-22)16-20-9-6-5-7-10-20/h5-7,9-10,15H,4,8,11-14,16-17H2,1-3H3,(H2,23,24,25). The van der Waals surface area contributed by atoms with E-state index in [1.807, 2.05) is 6.92 Å². The van der Waals surface area contributed by atoms with Crippen molar-refractivity contribution in [2.24, 2.45) is 10.4 Å². The van der Waals surface area contributed by atoms with E-state index >= 15 is 0 Å². The van der Waals surface area contributed by atoms with Crippen LogP contribution in [0.2, 0.25) is 0 Å². The third kappa shape index (κ3) is 5.84. The number of aryl methyl sites for hydroxylation is 3. The van der Waals surface area contributed by atoms with Crippen LogP contribution in [0.15, 0.2) is 41.4 Å². The minimum absolute atomic E-state index is 0.368. The van der Waals surface area contributed by atoms with Gasteiger partial charge in [0.25, 0.3) is 0 Å². The maximum Gasteiger partial charge on any atom is 0.191 e. The second-order valence-corrected chi connectivity index (χ2v) is 7.79. The molecule has 0 unspecified atom stereocenters. The normalized spacial score (nSPS) is 15.6. The first kappa shape index (κ1) is 19.5. The molecule has 1 saturated carbocycles. The Morgan fingerprint density at radius 2 is 1.96 bits per heavy atom. The summed E-state index contributed by atoms with van der Waals surface area (Å²) in [7, 11) is 0. The van der Waals surface area contributed by atoms with Crippen molar-refractivity contribution in [3.05, 3.63) is 53.3 Å². The highest BCUT2D eigenvalue weighted by molar-refractivity contribution is 5.79.